The molecule has 3 rings (SSSR count). The van der Waals surface area contributed by atoms with Crippen molar-refractivity contribution in [1.82, 2.24) is 10.2 Å². The van der Waals surface area contributed by atoms with E-state index in [0.29, 0.717) is 0 Å². The first-order valence-electron chi connectivity index (χ1n) is 9.05. The number of benzene rings is 2. The van der Waals surface area contributed by atoms with Gasteiger partial charge >= 0.3 is 0 Å². The molecule has 26 heavy (non-hydrogen) atoms. The predicted octanol–water partition coefficient (Wildman–Crippen LogP) is 2.04. The Kier molecular flexibility index (Phi) is 6.02. The monoisotopic (exact) mass is 351 g/mol. The van der Waals surface area contributed by atoms with Crippen molar-refractivity contribution >= 4 is 11.8 Å². The SMILES string of the molecule is NC(=O)[C@H]1CCCN1CC(=O)N[C@@H](Cc1ccccc1)c1ccccc1. The molecule has 5 nitrogen and oxygen atoms in total. The lowest BCUT2D eigenvalue weighted by Gasteiger charge is -2.24. The number of rotatable bonds is 7. The van der Waals surface area contributed by atoms with E-state index in [1.54, 1.807) is 0 Å². The average molecular weight is 351 g/mol. The van der Waals surface area contributed by atoms with Crippen molar-refractivity contribution in [3.63, 3.8) is 0 Å². The maximum atomic E-state index is 12.6. The van der Waals surface area contributed by atoms with Crippen molar-refractivity contribution in [2.24, 2.45) is 5.73 Å². The fourth-order valence-corrected chi connectivity index (χ4v) is 3.55. The highest BCUT2D eigenvalue weighted by Gasteiger charge is 2.30. The smallest absolute Gasteiger partial charge is 0.234 e. The lowest BCUT2D eigenvalue weighted by molar-refractivity contribution is -0.126. The van der Waals surface area contributed by atoms with Gasteiger partial charge < -0.3 is 11.1 Å². The number of nitrogens with one attached hydrogen (secondary N) is 1. The lowest BCUT2D eigenvalue weighted by atomic mass is 9.99. The molecule has 0 saturated carbocycles. The van der Waals surface area contributed by atoms with Gasteiger partial charge in [0.2, 0.25) is 11.8 Å². The second-order valence-electron chi connectivity index (χ2n) is 6.75. The molecule has 1 fully saturated rings. The number of primary amides is 1. The zero-order chi connectivity index (χ0) is 18.4. The predicted molar refractivity (Wildman–Crippen MR) is 101 cm³/mol. The van der Waals surface area contributed by atoms with Gasteiger partial charge in [-0.1, -0.05) is 60.7 Å². The minimum Gasteiger partial charge on any atom is -0.368 e. The van der Waals surface area contributed by atoms with E-state index in [1.165, 1.54) is 0 Å². The minimum absolute atomic E-state index is 0.0806. The Morgan fingerprint density at radius 2 is 1.73 bits per heavy atom. The second kappa shape index (κ2) is 8.63. The van der Waals surface area contributed by atoms with Crippen LogP contribution in [-0.4, -0.2) is 35.8 Å². The van der Waals surface area contributed by atoms with Gasteiger partial charge in [0.15, 0.2) is 0 Å². The summed E-state index contributed by atoms with van der Waals surface area (Å²) in [7, 11) is 0. The van der Waals surface area contributed by atoms with Crippen LogP contribution in [0.1, 0.15) is 30.0 Å². The van der Waals surface area contributed by atoms with Gasteiger partial charge in [-0.25, -0.2) is 0 Å². The number of hydrogen-bond acceptors (Lipinski definition) is 3. The number of amides is 2. The molecular weight excluding hydrogens is 326 g/mol. The summed E-state index contributed by atoms with van der Waals surface area (Å²) < 4.78 is 0. The number of carbonyl (C=O) groups excluding carboxylic acids is 2. The van der Waals surface area contributed by atoms with E-state index in [4.69, 9.17) is 5.73 Å². The fraction of sp³-hybridized carbons (Fsp3) is 0.333. The number of nitrogens with two attached hydrogens (primary N) is 1. The van der Waals surface area contributed by atoms with Crippen LogP contribution in [0.15, 0.2) is 60.7 Å². The van der Waals surface area contributed by atoms with Crippen LogP contribution in [-0.2, 0) is 16.0 Å². The number of hydrogen-bond donors (Lipinski definition) is 2. The van der Waals surface area contributed by atoms with E-state index in [9.17, 15) is 9.59 Å². The van der Waals surface area contributed by atoms with Crippen molar-refractivity contribution in [3.8, 4) is 0 Å². The molecule has 1 aliphatic rings. The van der Waals surface area contributed by atoms with E-state index in [1.807, 2.05) is 53.4 Å². The standard InChI is InChI=1S/C21H25N3O2/c22-21(26)19-12-7-13-24(19)15-20(25)23-18(17-10-5-2-6-11-17)14-16-8-3-1-4-9-16/h1-6,8-11,18-19H,7,12-15H2,(H2,22,26)(H,23,25)/t18-,19+/m0/s1. The molecule has 5 heteroatoms. The van der Waals surface area contributed by atoms with Crippen LogP contribution in [0.3, 0.4) is 0 Å². The number of likely N-dealkylation sites (tertiary alicyclic amines) is 1. The second-order valence-corrected chi connectivity index (χ2v) is 6.75. The van der Waals surface area contributed by atoms with Crippen LogP contribution in [0.2, 0.25) is 0 Å². The summed E-state index contributed by atoms with van der Waals surface area (Å²) in [6, 6.07) is 19.6. The molecule has 0 aliphatic carbocycles. The van der Waals surface area contributed by atoms with E-state index in [2.05, 4.69) is 17.4 Å². The molecule has 1 saturated heterocycles. The van der Waals surface area contributed by atoms with Gasteiger partial charge in [-0.3, -0.25) is 14.5 Å². The Bertz CT molecular complexity index is 733. The van der Waals surface area contributed by atoms with Crippen molar-refractivity contribution in [2.45, 2.75) is 31.3 Å². The molecule has 3 N–H and O–H groups in total. The molecule has 2 aromatic carbocycles. The normalized spacial score (nSPS) is 18.4. The molecule has 2 aromatic rings. The summed E-state index contributed by atoms with van der Waals surface area (Å²) in [5.41, 5.74) is 7.68. The van der Waals surface area contributed by atoms with E-state index in [0.717, 1.165) is 36.9 Å². The number of nitrogens with zero attached hydrogens (tertiary/aromatic N) is 1. The van der Waals surface area contributed by atoms with Crippen LogP contribution in [0.25, 0.3) is 0 Å². The zero-order valence-corrected chi connectivity index (χ0v) is 14.8. The summed E-state index contributed by atoms with van der Waals surface area (Å²) in [5.74, 6) is -0.429. The lowest BCUT2D eigenvalue weighted by Crippen LogP contribution is -2.46. The molecule has 1 heterocycles. The summed E-state index contributed by atoms with van der Waals surface area (Å²) in [4.78, 5) is 26.0. The number of carbonyl (C=O) groups is 2. The highest BCUT2D eigenvalue weighted by Crippen LogP contribution is 2.20. The summed E-state index contributed by atoms with van der Waals surface area (Å²) in [6.07, 6.45) is 2.34. The first-order chi connectivity index (χ1) is 12.6. The van der Waals surface area contributed by atoms with E-state index in [-0.39, 0.29) is 30.4 Å². The van der Waals surface area contributed by atoms with Gasteiger partial charge in [0.25, 0.3) is 0 Å². The van der Waals surface area contributed by atoms with Gasteiger partial charge in [-0.15, -0.1) is 0 Å². The van der Waals surface area contributed by atoms with E-state index < -0.39 is 0 Å². The van der Waals surface area contributed by atoms with Gasteiger partial charge in [-0.05, 0) is 36.9 Å². The fourth-order valence-electron chi connectivity index (χ4n) is 3.55. The Labute approximate surface area is 154 Å². The molecular formula is C21H25N3O2. The minimum atomic E-state index is -0.348. The third-order valence-corrected chi connectivity index (χ3v) is 4.86. The van der Waals surface area contributed by atoms with Crippen LogP contribution in [0, 0.1) is 0 Å². The van der Waals surface area contributed by atoms with Gasteiger partial charge in [0, 0.05) is 0 Å². The van der Waals surface area contributed by atoms with Crippen LogP contribution < -0.4 is 11.1 Å². The summed E-state index contributed by atoms with van der Waals surface area (Å²) in [5, 5.41) is 3.14. The largest absolute Gasteiger partial charge is 0.368 e. The maximum absolute atomic E-state index is 12.6. The quantitative estimate of drug-likeness (QED) is 0.801. The van der Waals surface area contributed by atoms with Crippen molar-refractivity contribution in [2.75, 3.05) is 13.1 Å². The third kappa shape index (κ3) is 4.70. The Morgan fingerprint density at radius 3 is 2.38 bits per heavy atom. The molecule has 0 radical (unpaired) electrons. The van der Waals surface area contributed by atoms with Gasteiger partial charge in [-0.2, -0.15) is 0 Å². The maximum Gasteiger partial charge on any atom is 0.234 e. The molecule has 0 unspecified atom stereocenters. The van der Waals surface area contributed by atoms with Gasteiger partial charge in [0.05, 0.1) is 18.6 Å². The van der Waals surface area contributed by atoms with Crippen LogP contribution in [0.5, 0.6) is 0 Å². The topological polar surface area (TPSA) is 75.4 Å². The highest BCUT2D eigenvalue weighted by molar-refractivity contribution is 5.83. The van der Waals surface area contributed by atoms with Crippen LogP contribution in [0.4, 0.5) is 0 Å². The van der Waals surface area contributed by atoms with Crippen molar-refractivity contribution < 1.29 is 9.59 Å². The molecule has 1 aliphatic heterocycles. The molecule has 0 aromatic heterocycles. The van der Waals surface area contributed by atoms with Crippen molar-refractivity contribution in [1.29, 1.82) is 0 Å². The van der Waals surface area contributed by atoms with Crippen LogP contribution >= 0.6 is 0 Å². The molecule has 2 atom stereocenters. The zero-order valence-electron chi connectivity index (χ0n) is 14.8. The molecule has 0 bridgehead atoms. The Morgan fingerprint density at radius 1 is 1.08 bits per heavy atom. The van der Waals surface area contributed by atoms with E-state index >= 15 is 0 Å². The molecule has 0 spiro atoms. The molecule has 136 valence electrons. The van der Waals surface area contributed by atoms with Gasteiger partial charge in [0.1, 0.15) is 0 Å². The molecule has 2 amide bonds. The Hall–Kier alpha value is -2.66. The van der Waals surface area contributed by atoms with Crippen molar-refractivity contribution in [3.05, 3.63) is 71.8 Å². The highest BCUT2D eigenvalue weighted by atomic mass is 16.2. The average Bonchev–Trinajstić information content (AvgIpc) is 3.11. The first kappa shape index (κ1) is 18.1. The first-order valence-corrected chi connectivity index (χ1v) is 9.05. The summed E-state index contributed by atoms with van der Waals surface area (Å²) >= 11 is 0. The third-order valence-electron chi connectivity index (χ3n) is 4.86. The summed E-state index contributed by atoms with van der Waals surface area (Å²) in [6.45, 7) is 0.932. The Balaban J connectivity index is 1.69.